The van der Waals surface area contributed by atoms with Crippen LogP contribution in [0.1, 0.15) is 27.7 Å². The van der Waals surface area contributed by atoms with Crippen molar-refractivity contribution in [1.82, 2.24) is 9.96 Å². The lowest BCUT2D eigenvalue weighted by atomic mass is 10.2. The van der Waals surface area contributed by atoms with Gasteiger partial charge in [0.1, 0.15) is 0 Å². The van der Waals surface area contributed by atoms with E-state index in [1.54, 1.807) is 14.2 Å². The van der Waals surface area contributed by atoms with Crippen molar-refractivity contribution in [3.8, 4) is 0 Å². The van der Waals surface area contributed by atoms with E-state index in [9.17, 15) is 0 Å². The Morgan fingerprint density at radius 1 is 0.867 bits per heavy atom. The predicted molar refractivity (Wildman–Crippen MR) is 65.5 cm³/mol. The third kappa shape index (κ3) is 6.27. The average Bonchev–Trinajstić information content (AvgIpc) is 2.19. The lowest BCUT2D eigenvalue weighted by Crippen LogP contribution is -2.67. The van der Waals surface area contributed by atoms with E-state index in [2.05, 4.69) is 37.7 Å². The molecule has 0 aliphatic heterocycles. The molecule has 0 aliphatic rings. The first-order valence-electron chi connectivity index (χ1n) is 5.56. The second-order valence-corrected chi connectivity index (χ2v) is 7.33. The molecular weight excluding hydrogens is 208 g/mol. The van der Waals surface area contributed by atoms with Crippen molar-refractivity contribution in [1.29, 1.82) is 0 Å². The van der Waals surface area contributed by atoms with Crippen molar-refractivity contribution < 1.29 is 8.85 Å². The molecule has 0 spiro atoms. The zero-order valence-electron chi connectivity index (χ0n) is 10.9. The Hall–Kier alpha value is 0.0569. The van der Waals surface area contributed by atoms with E-state index in [1.807, 2.05) is 0 Å². The third-order valence-corrected chi connectivity index (χ3v) is 4.55. The van der Waals surface area contributed by atoms with E-state index in [4.69, 9.17) is 8.85 Å². The van der Waals surface area contributed by atoms with Crippen LogP contribution in [0.25, 0.3) is 0 Å². The molecule has 0 aromatic rings. The molecule has 0 aromatic carbocycles. The lowest BCUT2D eigenvalue weighted by Gasteiger charge is -2.29. The second-order valence-electron chi connectivity index (χ2n) is 4.57. The molecular formula is C10H26N2O2Si. The summed E-state index contributed by atoms with van der Waals surface area (Å²) in [4.78, 5) is 6.74. The summed E-state index contributed by atoms with van der Waals surface area (Å²) in [6.07, 6.45) is 0. The smallest absolute Gasteiger partial charge is 0.374 e. The minimum atomic E-state index is -2.37. The van der Waals surface area contributed by atoms with Crippen LogP contribution >= 0.6 is 0 Å². The third-order valence-electron chi connectivity index (χ3n) is 2.06. The Balaban J connectivity index is 4.17. The molecule has 15 heavy (non-hydrogen) atoms. The highest BCUT2D eigenvalue weighted by Crippen LogP contribution is 2.00. The van der Waals surface area contributed by atoms with Gasteiger partial charge < -0.3 is 8.85 Å². The van der Waals surface area contributed by atoms with E-state index < -0.39 is 8.88 Å². The van der Waals surface area contributed by atoms with Crippen LogP contribution in [-0.2, 0) is 8.85 Å². The Morgan fingerprint density at radius 2 is 1.20 bits per heavy atom. The van der Waals surface area contributed by atoms with Crippen molar-refractivity contribution in [2.45, 2.75) is 27.7 Å². The summed E-state index contributed by atoms with van der Waals surface area (Å²) >= 11 is 0. The van der Waals surface area contributed by atoms with E-state index in [0.717, 1.165) is 13.1 Å². The predicted octanol–water partition coefficient (Wildman–Crippen LogP) is 1.21. The van der Waals surface area contributed by atoms with Crippen LogP contribution in [0.2, 0.25) is 0 Å². The van der Waals surface area contributed by atoms with Crippen LogP contribution in [0.4, 0.5) is 0 Å². The Morgan fingerprint density at radius 3 is 1.40 bits per heavy atom. The maximum absolute atomic E-state index is 5.48. The highest BCUT2D eigenvalue weighted by molar-refractivity contribution is 6.62. The first-order chi connectivity index (χ1) is 6.95. The number of rotatable bonds is 8. The van der Waals surface area contributed by atoms with Crippen molar-refractivity contribution in [3.05, 3.63) is 0 Å². The molecule has 0 saturated heterocycles. The Bertz CT molecular complexity index is 148. The van der Waals surface area contributed by atoms with Crippen molar-refractivity contribution in [2.75, 3.05) is 27.3 Å². The molecule has 2 N–H and O–H groups in total. The summed E-state index contributed by atoms with van der Waals surface area (Å²) in [7, 11) is 1.01. The monoisotopic (exact) mass is 234 g/mol. The van der Waals surface area contributed by atoms with Crippen LogP contribution in [0.3, 0.4) is 0 Å². The summed E-state index contributed by atoms with van der Waals surface area (Å²) in [5.41, 5.74) is 0. The molecule has 92 valence electrons. The average molecular weight is 234 g/mol. The zero-order valence-corrected chi connectivity index (χ0v) is 11.9. The highest BCUT2D eigenvalue weighted by atomic mass is 28.4. The minimum absolute atomic E-state index is 0.586. The van der Waals surface area contributed by atoms with Crippen molar-refractivity contribution in [2.24, 2.45) is 11.8 Å². The summed E-state index contributed by atoms with van der Waals surface area (Å²) in [5.74, 6) is 1.17. The Labute approximate surface area is 95.1 Å². The fourth-order valence-corrected chi connectivity index (χ4v) is 3.33. The van der Waals surface area contributed by atoms with Gasteiger partial charge in [-0.05, 0) is 24.9 Å². The highest BCUT2D eigenvalue weighted by Gasteiger charge is 2.36. The molecule has 0 fully saturated rings. The summed E-state index contributed by atoms with van der Waals surface area (Å²) in [6.45, 7) is 10.5. The number of hydrogen-bond acceptors (Lipinski definition) is 4. The summed E-state index contributed by atoms with van der Waals surface area (Å²) in [6, 6.07) is 0. The molecule has 0 bridgehead atoms. The van der Waals surface area contributed by atoms with E-state index in [0.29, 0.717) is 11.8 Å². The molecule has 0 aliphatic carbocycles. The van der Waals surface area contributed by atoms with E-state index in [-0.39, 0.29) is 0 Å². The SMILES string of the molecule is CO[Si](NCC(C)C)(NCC(C)C)OC. The van der Waals surface area contributed by atoms with Crippen LogP contribution in [0, 0.1) is 11.8 Å². The van der Waals surface area contributed by atoms with Crippen LogP contribution in [0.15, 0.2) is 0 Å². The van der Waals surface area contributed by atoms with Gasteiger partial charge in [-0.15, -0.1) is 0 Å². The summed E-state index contributed by atoms with van der Waals surface area (Å²) in [5, 5.41) is 0. The van der Waals surface area contributed by atoms with Gasteiger partial charge in [0.05, 0.1) is 0 Å². The van der Waals surface area contributed by atoms with Gasteiger partial charge in [-0.2, -0.15) is 0 Å². The van der Waals surface area contributed by atoms with Gasteiger partial charge in [0.2, 0.25) is 0 Å². The molecule has 4 nitrogen and oxygen atoms in total. The minimum Gasteiger partial charge on any atom is -0.374 e. The fourth-order valence-electron chi connectivity index (χ4n) is 1.11. The molecule has 0 rings (SSSR count). The van der Waals surface area contributed by atoms with Gasteiger partial charge >= 0.3 is 8.88 Å². The first kappa shape index (κ1) is 15.1. The van der Waals surface area contributed by atoms with Gasteiger partial charge in [-0.25, -0.2) is 0 Å². The number of hydrogen-bond donors (Lipinski definition) is 2. The zero-order chi connectivity index (χ0) is 11.9. The van der Waals surface area contributed by atoms with Gasteiger partial charge in [-0.3, -0.25) is 9.96 Å². The van der Waals surface area contributed by atoms with Crippen LogP contribution in [0.5, 0.6) is 0 Å². The largest absolute Gasteiger partial charge is 0.516 e. The van der Waals surface area contributed by atoms with Gasteiger partial charge in [0.15, 0.2) is 0 Å². The molecule has 0 saturated carbocycles. The van der Waals surface area contributed by atoms with E-state index in [1.165, 1.54) is 0 Å². The lowest BCUT2D eigenvalue weighted by molar-refractivity contribution is 0.209. The molecule has 0 atom stereocenters. The fraction of sp³-hybridized carbons (Fsp3) is 1.00. The van der Waals surface area contributed by atoms with Crippen molar-refractivity contribution >= 4 is 8.88 Å². The van der Waals surface area contributed by atoms with Crippen LogP contribution in [-0.4, -0.2) is 36.2 Å². The Kier molecular flexibility index (Phi) is 7.38. The standard InChI is InChI=1S/C10H26N2O2Si/c1-9(2)7-11-15(13-5,14-6)12-8-10(3)4/h9-12H,7-8H2,1-6H3. The van der Waals surface area contributed by atoms with Gasteiger partial charge in [0.25, 0.3) is 0 Å². The normalized spacial score (nSPS) is 12.8. The number of nitrogens with one attached hydrogen (secondary N) is 2. The molecule has 0 amide bonds. The second kappa shape index (κ2) is 7.35. The quantitative estimate of drug-likeness (QED) is 0.620. The molecule has 0 heterocycles. The molecule has 5 heteroatoms. The topological polar surface area (TPSA) is 42.5 Å². The molecule has 0 unspecified atom stereocenters. The summed E-state index contributed by atoms with van der Waals surface area (Å²) < 4.78 is 11.0. The molecule has 0 radical (unpaired) electrons. The van der Waals surface area contributed by atoms with E-state index >= 15 is 0 Å². The van der Waals surface area contributed by atoms with Crippen LogP contribution < -0.4 is 9.96 Å². The van der Waals surface area contributed by atoms with Gasteiger partial charge in [0, 0.05) is 14.2 Å². The maximum atomic E-state index is 5.48. The van der Waals surface area contributed by atoms with Crippen molar-refractivity contribution in [3.63, 3.8) is 0 Å². The van der Waals surface area contributed by atoms with Gasteiger partial charge in [-0.1, -0.05) is 27.7 Å². The maximum Gasteiger partial charge on any atom is 0.516 e. The molecule has 0 aromatic heterocycles. The first-order valence-corrected chi connectivity index (χ1v) is 7.37.